The number of hydrogen-bond acceptors (Lipinski definition) is 6. The molecule has 0 aromatic heterocycles. The lowest BCUT2D eigenvalue weighted by Crippen LogP contribution is -2.34. The minimum atomic E-state index is -1.35. The molecule has 110 valence electrons. The second-order valence-corrected chi connectivity index (χ2v) is 4.94. The maximum absolute atomic E-state index is 10.2. The molecule has 5 N–H and O–H groups in total. The minimum Gasteiger partial charge on any atom is -0.508 e. The number of rotatable bonds is 1. The fourth-order valence-electron chi connectivity index (χ4n) is 2.46. The van der Waals surface area contributed by atoms with E-state index in [2.05, 4.69) is 0 Å². The van der Waals surface area contributed by atoms with E-state index in [1.807, 2.05) is 0 Å². The summed E-state index contributed by atoms with van der Waals surface area (Å²) in [4.78, 5) is 0. The van der Waals surface area contributed by atoms with Gasteiger partial charge >= 0.3 is 0 Å². The maximum Gasteiger partial charge on any atom is 0.152 e. The molecule has 0 amide bonds. The van der Waals surface area contributed by atoms with E-state index in [9.17, 15) is 25.5 Å². The van der Waals surface area contributed by atoms with Crippen LogP contribution in [0.2, 0.25) is 0 Å². The van der Waals surface area contributed by atoms with Gasteiger partial charge in [-0.3, -0.25) is 0 Å². The molecule has 0 bridgehead atoms. The molecule has 0 spiro atoms. The number of hydrogen-bond donors (Lipinski definition) is 5. The third-order valence-electron chi connectivity index (χ3n) is 3.51. The van der Waals surface area contributed by atoms with E-state index in [1.165, 1.54) is 18.2 Å². The molecule has 0 saturated heterocycles. The smallest absolute Gasteiger partial charge is 0.152 e. The van der Waals surface area contributed by atoms with Gasteiger partial charge < -0.3 is 30.3 Å². The fourth-order valence-corrected chi connectivity index (χ4v) is 2.46. The molecule has 0 unspecified atom stereocenters. The van der Waals surface area contributed by atoms with Gasteiger partial charge in [-0.1, -0.05) is 12.1 Å². The maximum atomic E-state index is 10.2. The largest absolute Gasteiger partial charge is 0.508 e. The zero-order valence-electron chi connectivity index (χ0n) is 10.8. The van der Waals surface area contributed by atoms with Gasteiger partial charge in [0, 0.05) is 12.1 Å². The molecule has 21 heavy (non-hydrogen) atoms. The summed E-state index contributed by atoms with van der Waals surface area (Å²) >= 11 is 0. The Morgan fingerprint density at radius 1 is 0.857 bits per heavy atom. The number of phenols is 3. The first-order valence-corrected chi connectivity index (χ1v) is 6.35. The molecule has 3 rings (SSSR count). The lowest BCUT2D eigenvalue weighted by molar-refractivity contribution is -0.0710. The van der Waals surface area contributed by atoms with Crippen molar-refractivity contribution in [1.29, 1.82) is 0 Å². The lowest BCUT2D eigenvalue weighted by Gasteiger charge is -2.34. The van der Waals surface area contributed by atoms with Crippen molar-refractivity contribution in [1.82, 2.24) is 0 Å². The van der Waals surface area contributed by atoms with Crippen molar-refractivity contribution >= 4 is 0 Å². The van der Waals surface area contributed by atoms with Crippen LogP contribution in [0.15, 0.2) is 36.4 Å². The highest BCUT2D eigenvalue weighted by Gasteiger charge is 2.39. The summed E-state index contributed by atoms with van der Waals surface area (Å²) in [7, 11) is 0. The quantitative estimate of drug-likeness (QED) is 0.542. The van der Waals surface area contributed by atoms with Gasteiger partial charge in [0.15, 0.2) is 6.10 Å². The molecule has 0 saturated carbocycles. The molecule has 2 aromatic rings. The zero-order chi connectivity index (χ0) is 15.1. The monoisotopic (exact) mass is 290 g/mol. The Kier molecular flexibility index (Phi) is 3.12. The van der Waals surface area contributed by atoms with E-state index in [0.29, 0.717) is 5.56 Å². The number of aliphatic hydroxyl groups is 2. The van der Waals surface area contributed by atoms with Crippen LogP contribution in [0, 0.1) is 0 Å². The highest BCUT2D eigenvalue weighted by atomic mass is 16.5. The Bertz CT molecular complexity index is 667. The Labute approximate surface area is 120 Å². The third-order valence-corrected chi connectivity index (χ3v) is 3.51. The topological polar surface area (TPSA) is 110 Å². The van der Waals surface area contributed by atoms with Gasteiger partial charge in [0.1, 0.15) is 35.2 Å². The number of aliphatic hydroxyl groups excluding tert-OH is 2. The Morgan fingerprint density at radius 3 is 2.19 bits per heavy atom. The number of fused-ring (bicyclic) bond motifs is 1. The van der Waals surface area contributed by atoms with Crippen LogP contribution in [0.3, 0.4) is 0 Å². The standard InChI is InChI=1S/C15H14O6/c16-8-3-1-7(2-4-8)15-14(20)13(19)12-10(18)5-9(17)6-11(12)21-15/h1-6,13-20H/t13-,14+,15+/m1/s1. The van der Waals surface area contributed by atoms with Crippen LogP contribution >= 0.6 is 0 Å². The Balaban J connectivity index is 2.04. The lowest BCUT2D eigenvalue weighted by atomic mass is 9.91. The summed E-state index contributed by atoms with van der Waals surface area (Å²) in [5.74, 6) is -0.385. The van der Waals surface area contributed by atoms with Crippen molar-refractivity contribution in [3.05, 3.63) is 47.5 Å². The van der Waals surface area contributed by atoms with Crippen LogP contribution in [-0.2, 0) is 0 Å². The van der Waals surface area contributed by atoms with Crippen LogP contribution in [0.25, 0.3) is 0 Å². The van der Waals surface area contributed by atoms with Gasteiger partial charge in [-0.05, 0) is 17.7 Å². The normalized spacial score (nSPS) is 24.2. The molecule has 1 aliphatic heterocycles. The van der Waals surface area contributed by atoms with Crippen molar-refractivity contribution in [2.45, 2.75) is 18.3 Å². The summed E-state index contributed by atoms with van der Waals surface area (Å²) < 4.78 is 5.59. The van der Waals surface area contributed by atoms with Gasteiger partial charge in [-0.2, -0.15) is 0 Å². The SMILES string of the molecule is Oc1ccc([C@@H]2Oc3cc(O)cc(O)c3[C@@H](O)[C@@H]2O)cc1. The molecule has 0 radical (unpaired) electrons. The zero-order valence-corrected chi connectivity index (χ0v) is 10.8. The highest BCUT2D eigenvalue weighted by Crippen LogP contribution is 2.46. The average molecular weight is 290 g/mol. The summed E-state index contributed by atoms with van der Waals surface area (Å²) in [5, 5.41) is 48.9. The number of ether oxygens (including phenoxy) is 1. The first-order valence-electron chi connectivity index (χ1n) is 6.35. The molecule has 0 fully saturated rings. The van der Waals surface area contributed by atoms with E-state index in [4.69, 9.17) is 4.74 Å². The van der Waals surface area contributed by atoms with Crippen LogP contribution < -0.4 is 4.74 Å². The Hall–Kier alpha value is -2.44. The van der Waals surface area contributed by atoms with E-state index in [1.54, 1.807) is 12.1 Å². The van der Waals surface area contributed by atoms with E-state index >= 15 is 0 Å². The van der Waals surface area contributed by atoms with Gasteiger partial charge in [0.25, 0.3) is 0 Å². The molecule has 3 atom stereocenters. The number of phenolic OH excluding ortho intramolecular Hbond substituents is 3. The van der Waals surface area contributed by atoms with Gasteiger partial charge in [0.05, 0.1) is 5.56 Å². The van der Waals surface area contributed by atoms with E-state index < -0.39 is 18.3 Å². The van der Waals surface area contributed by atoms with Crippen molar-refractivity contribution in [2.75, 3.05) is 0 Å². The first kappa shape index (κ1) is 13.5. The second-order valence-electron chi connectivity index (χ2n) is 4.94. The van der Waals surface area contributed by atoms with Crippen LogP contribution in [0.4, 0.5) is 0 Å². The predicted molar refractivity (Wildman–Crippen MR) is 72.2 cm³/mol. The molecule has 6 heteroatoms. The second kappa shape index (κ2) is 4.83. The molecule has 2 aromatic carbocycles. The van der Waals surface area contributed by atoms with Crippen molar-refractivity contribution in [3.63, 3.8) is 0 Å². The van der Waals surface area contributed by atoms with Gasteiger partial charge in [0.2, 0.25) is 0 Å². The van der Waals surface area contributed by atoms with E-state index in [-0.39, 0.29) is 28.6 Å². The van der Waals surface area contributed by atoms with Crippen LogP contribution in [-0.4, -0.2) is 31.6 Å². The molecule has 0 aliphatic carbocycles. The third kappa shape index (κ3) is 2.24. The molecule has 6 nitrogen and oxygen atoms in total. The molecular formula is C15H14O6. The van der Waals surface area contributed by atoms with Crippen LogP contribution in [0.1, 0.15) is 23.3 Å². The molecular weight excluding hydrogens is 276 g/mol. The number of aromatic hydroxyl groups is 3. The Morgan fingerprint density at radius 2 is 1.52 bits per heavy atom. The summed E-state index contributed by atoms with van der Waals surface area (Å²) in [5.41, 5.74) is 0.586. The summed E-state index contributed by atoms with van der Waals surface area (Å²) in [6, 6.07) is 8.32. The highest BCUT2D eigenvalue weighted by molar-refractivity contribution is 5.52. The van der Waals surface area contributed by atoms with Crippen molar-refractivity contribution in [2.24, 2.45) is 0 Å². The molecule has 1 aliphatic rings. The molecule has 1 heterocycles. The number of benzene rings is 2. The van der Waals surface area contributed by atoms with Crippen molar-refractivity contribution in [3.8, 4) is 23.0 Å². The van der Waals surface area contributed by atoms with Crippen molar-refractivity contribution < 1.29 is 30.3 Å². The fraction of sp³-hybridized carbons (Fsp3) is 0.200. The van der Waals surface area contributed by atoms with E-state index in [0.717, 1.165) is 6.07 Å². The van der Waals surface area contributed by atoms with Gasteiger partial charge in [-0.15, -0.1) is 0 Å². The average Bonchev–Trinajstić information content (AvgIpc) is 2.43. The minimum absolute atomic E-state index is 0.0373. The first-order chi connectivity index (χ1) is 9.97. The summed E-state index contributed by atoms with van der Waals surface area (Å²) in [6.07, 6.45) is -3.53. The summed E-state index contributed by atoms with van der Waals surface area (Å²) in [6.45, 7) is 0. The predicted octanol–water partition coefficient (Wildman–Crippen LogP) is 1.33. The van der Waals surface area contributed by atoms with Crippen LogP contribution in [0.5, 0.6) is 23.0 Å². The van der Waals surface area contributed by atoms with Gasteiger partial charge in [-0.25, -0.2) is 0 Å².